The molecule has 8 heteroatoms. The number of benzene rings is 1. The fraction of sp³-hybridized carbons (Fsp3) is 0.286. The highest BCUT2D eigenvalue weighted by molar-refractivity contribution is 5.92. The first-order valence-electron chi connectivity index (χ1n) is 9.73. The van der Waals surface area contributed by atoms with E-state index in [4.69, 9.17) is 0 Å². The summed E-state index contributed by atoms with van der Waals surface area (Å²) in [5, 5.41) is 0. The third-order valence-corrected chi connectivity index (χ3v) is 4.89. The van der Waals surface area contributed by atoms with Crippen LogP contribution in [0.5, 0.6) is 0 Å². The zero-order chi connectivity index (χ0) is 20.1. The first-order chi connectivity index (χ1) is 14.3. The van der Waals surface area contributed by atoms with Crippen molar-refractivity contribution in [2.75, 3.05) is 42.5 Å². The van der Waals surface area contributed by atoms with Crippen LogP contribution in [-0.4, -0.2) is 63.5 Å². The van der Waals surface area contributed by atoms with Crippen LogP contribution in [0.3, 0.4) is 0 Å². The molecular formula is C21H23N7O. The molecular weight excluding hydrogens is 366 g/mol. The lowest BCUT2D eigenvalue weighted by molar-refractivity contribution is 0.0740. The van der Waals surface area contributed by atoms with Gasteiger partial charge in [-0.25, -0.2) is 19.9 Å². The maximum atomic E-state index is 13.0. The van der Waals surface area contributed by atoms with E-state index >= 15 is 0 Å². The number of piperazine rings is 1. The Morgan fingerprint density at radius 2 is 1.66 bits per heavy atom. The summed E-state index contributed by atoms with van der Waals surface area (Å²) in [5.74, 6) is 1.15. The highest BCUT2D eigenvalue weighted by Crippen LogP contribution is 2.21. The van der Waals surface area contributed by atoms with Crippen molar-refractivity contribution < 1.29 is 4.79 Å². The Hall–Kier alpha value is -3.55. The Morgan fingerprint density at radius 1 is 0.931 bits per heavy atom. The highest BCUT2D eigenvalue weighted by atomic mass is 16.2. The van der Waals surface area contributed by atoms with Crippen LogP contribution in [0.25, 0.3) is 0 Å². The highest BCUT2D eigenvalue weighted by Gasteiger charge is 2.25. The number of carbonyl (C=O) groups is 1. The minimum atomic E-state index is -0.0774. The van der Waals surface area contributed by atoms with Gasteiger partial charge in [-0.15, -0.1) is 0 Å². The van der Waals surface area contributed by atoms with Crippen molar-refractivity contribution in [1.29, 1.82) is 0 Å². The Labute approximate surface area is 169 Å². The van der Waals surface area contributed by atoms with Gasteiger partial charge in [-0.2, -0.15) is 0 Å². The van der Waals surface area contributed by atoms with Crippen LogP contribution in [0.1, 0.15) is 17.4 Å². The summed E-state index contributed by atoms with van der Waals surface area (Å²) in [5.41, 5.74) is 1.41. The molecule has 1 fully saturated rings. The molecule has 29 heavy (non-hydrogen) atoms. The average molecular weight is 389 g/mol. The quantitative estimate of drug-likeness (QED) is 0.663. The van der Waals surface area contributed by atoms with Crippen molar-refractivity contribution in [1.82, 2.24) is 24.8 Å². The zero-order valence-electron chi connectivity index (χ0n) is 16.3. The Bertz CT molecular complexity index is 944. The Balaban J connectivity index is 1.46. The summed E-state index contributed by atoms with van der Waals surface area (Å²) in [4.78, 5) is 36.4. The topological polar surface area (TPSA) is 78.4 Å². The van der Waals surface area contributed by atoms with E-state index in [2.05, 4.69) is 24.8 Å². The van der Waals surface area contributed by atoms with Crippen LogP contribution < -0.4 is 9.80 Å². The second-order valence-corrected chi connectivity index (χ2v) is 6.65. The largest absolute Gasteiger partial charge is 0.337 e. The molecule has 0 radical (unpaired) electrons. The van der Waals surface area contributed by atoms with E-state index in [0.29, 0.717) is 50.3 Å². The number of rotatable bonds is 5. The lowest BCUT2D eigenvalue weighted by Gasteiger charge is -2.34. The molecule has 1 saturated heterocycles. The molecule has 0 bridgehead atoms. The van der Waals surface area contributed by atoms with Crippen molar-refractivity contribution in [3.63, 3.8) is 0 Å². The summed E-state index contributed by atoms with van der Waals surface area (Å²) in [6.45, 7) is 5.34. The second kappa shape index (κ2) is 8.64. The molecule has 1 amide bonds. The van der Waals surface area contributed by atoms with Gasteiger partial charge in [-0.3, -0.25) is 4.79 Å². The van der Waals surface area contributed by atoms with Gasteiger partial charge in [0.2, 0.25) is 11.9 Å². The molecule has 4 rings (SSSR count). The SMILES string of the molecule is CCN(c1ccccc1)c1nccc(C(=O)N2CCN(c3ncccn3)CC2)n1. The molecule has 1 aliphatic heterocycles. The van der Waals surface area contributed by atoms with E-state index in [9.17, 15) is 4.79 Å². The number of nitrogens with zero attached hydrogens (tertiary/aromatic N) is 7. The Morgan fingerprint density at radius 3 is 2.34 bits per heavy atom. The number of hydrogen-bond acceptors (Lipinski definition) is 7. The maximum Gasteiger partial charge on any atom is 0.272 e. The van der Waals surface area contributed by atoms with E-state index in [0.717, 1.165) is 5.69 Å². The molecule has 8 nitrogen and oxygen atoms in total. The minimum absolute atomic E-state index is 0.0774. The Kier molecular flexibility index (Phi) is 5.60. The lowest BCUT2D eigenvalue weighted by Crippen LogP contribution is -2.49. The van der Waals surface area contributed by atoms with E-state index in [1.165, 1.54) is 0 Å². The predicted molar refractivity (Wildman–Crippen MR) is 111 cm³/mol. The average Bonchev–Trinajstić information content (AvgIpc) is 2.81. The van der Waals surface area contributed by atoms with Crippen molar-refractivity contribution >= 4 is 23.5 Å². The first-order valence-corrected chi connectivity index (χ1v) is 9.73. The molecule has 3 heterocycles. The summed E-state index contributed by atoms with van der Waals surface area (Å²) >= 11 is 0. The predicted octanol–water partition coefficient (Wildman–Crippen LogP) is 2.39. The van der Waals surface area contributed by atoms with Crippen molar-refractivity contribution in [2.45, 2.75) is 6.92 Å². The molecule has 0 unspecified atom stereocenters. The lowest BCUT2D eigenvalue weighted by atomic mass is 10.2. The zero-order valence-corrected chi connectivity index (χ0v) is 16.3. The molecule has 1 aliphatic rings. The van der Waals surface area contributed by atoms with Crippen molar-refractivity contribution in [3.05, 3.63) is 66.7 Å². The van der Waals surface area contributed by atoms with E-state index in [1.54, 1.807) is 30.7 Å². The van der Waals surface area contributed by atoms with Gasteiger partial charge in [0.1, 0.15) is 5.69 Å². The molecule has 1 aromatic carbocycles. The van der Waals surface area contributed by atoms with Crippen LogP contribution >= 0.6 is 0 Å². The van der Waals surface area contributed by atoms with Crippen LogP contribution in [0, 0.1) is 0 Å². The van der Waals surface area contributed by atoms with Crippen molar-refractivity contribution in [2.24, 2.45) is 0 Å². The summed E-state index contributed by atoms with van der Waals surface area (Å²) < 4.78 is 0. The fourth-order valence-corrected chi connectivity index (χ4v) is 3.37. The number of hydrogen-bond donors (Lipinski definition) is 0. The molecule has 2 aromatic heterocycles. The minimum Gasteiger partial charge on any atom is -0.337 e. The third-order valence-electron chi connectivity index (χ3n) is 4.89. The molecule has 0 aliphatic carbocycles. The second-order valence-electron chi connectivity index (χ2n) is 6.65. The standard InChI is InChI=1S/C21H23N7O/c1-2-28(17-7-4-3-5-8-17)21-24-12-9-18(25-21)19(29)26-13-15-27(16-14-26)20-22-10-6-11-23-20/h3-12H,2,13-16H2,1H3. The van der Waals surface area contributed by atoms with Gasteiger partial charge in [0.05, 0.1) is 0 Å². The van der Waals surface area contributed by atoms with Gasteiger partial charge in [0.25, 0.3) is 5.91 Å². The van der Waals surface area contributed by atoms with E-state index in [-0.39, 0.29) is 5.91 Å². The summed E-state index contributed by atoms with van der Waals surface area (Å²) in [6, 6.07) is 13.4. The molecule has 0 atom stereocenters. The number of anilines is 3. The third kappa shape index (κ3) is 4.16. The maximum absolute atomic E-state index is 13.0. The van der Waals surface area contributed by atoms with Gasteiger partial charge in [0, 0.05) is 57.0 Å². The van der Waals surface area contributed by atoms with Gasteiger partial charge in [0.15, 0.2) is 0 Å². The summed E-state index contributed by atoms with van der Waals surface area (Å²) in [6.07, 6.45) is 5.11. The smallest absolute Gasteiger partial charge is 0.272 e. The normalized spacial score (nSPS) is 14.0. The molecule has 0 spiro atoms. The molecule has 0 saturated carbocycles. The summed E-state index contributed by atoms with van der Waals surface area (Å²) in [7, 11) is 0. The number of carbonyl (C=O) groups excluding carboxylic acids is 1. The van der Waals surface area contributed by atoms with Gasteiger partial charge >= 0.3 is 0 Å². The van der Waals surface area contributed by atoms with E-state index in [1.807, 2.05) is 47.1 Å². The van der Waals surface area contributed by atoms with Gasteiger partial charge in [-0.1, -0.05) is 18.2 Å². The van der Waals surface area contributed by atoms with E-state index < -0.39 is 0 Å². The van der Waals surface area contributed by atoms with Crippen LogP contribution in [0.15, 0.2) is 61.1 Å². The van der Waals surface area contributed by atoms with Gasteiger partial charge in [-0.05, 0) is 31.2 Å². The molecule has 0 N–H and O–H groups in total. The fourth-order valence-electron chi connectivity index (χ4n) is 3.37. The number of amides is 1. The van der Waals surface area contributed by atoms with Crippen molar-refractivity contribution in [3.8, 4) is 0 Å². The first kappa shape index (κ1) is 18.8. The van der Waals surface area contributed by atoms with Gasteiger partial charge < -0.3 is 14.7 Å². The number of para-hydroxylation sites is 1. The molecule has 3 aromatic rings. The van der Waals surface area contributed by atoms with Crippen LogP contribution in [0.2, 0.25) is 0 Å². The van der Waals surface area contributed by atoms with Crippen LogP contribution in [-0.2, 0) is 0 Å². The molecule has 148 valence electrons. The number of aromatic nitrogens is 4. The monoisotopic (exact) mass is 389 g/mol. The van der Waals surface area contributed by atoms with Crippen LogP contribution in [0.4, 0.5) is 17.6 Å².